The highest BCUT2D eigenvalue weighted by Gasteiger charge is 2.17. The third kappa shape index (κ3) is 5.69. The van der Waals surface area contributed by atoms with E-state index in [-0.39, 0.29) is 24.1 Å². The summed E-state index contributed by atoms with van der Waals surface area (Å²) in [6.07, 6.45) is 0. The number of nitrogens with zero attached hydrogens (tertiary/aromatic N) is 1. The Morgan fingerprint density at radius 3 is 2.04 bits per heavy atom. The minimum atomic E-state index is -0.206. The molecule has 0 heterocycles. The summed E-state index contributed by atoms with van der Waals surface area (Å²) >= 11 is 0. The van der Waals surface area contributed by atoms with Crippen LogP contribution in [0.15, 0.2) is 54.6 Å². The van der Waals surface area contributed by atoms with E-state index in [1.165, 1.54) is 0 Å². The van der Waals surface area contributed by atoms with Crippen LogP contribution in [-0.4, -0.2) is 42.8 Å². The summed E-state index contributed by atoms with van der Waals surface area (Å²) < 4.78 is 0. The van der Waals surface area contributed by atoms with E-state index in [0.717, 1.165) is 19.6 Å². The number of halogens is 1. The molecule has 0 aliphatic rings. The van der Waals surface area contributed by atoms with Crippen molar-refractivity contribution < 1.29 is 9.59 Å². The molecule has 5 heteroatoms. The summed E-state index contributed by atoms with van der Waals surface area (Å²) in [5.74, 6) is -0.341. The Kier molecular flexibility index (Phi) is 8.89. The molecule has 1 amide bonds. The molecule has 0 saturated carbocycles. The lowest BCUT2D eigenvalue weighted by atomic mass is 9.98. The number of rotatable bonds is 8. The summed E-state index contributed by atoms with van der Waals surface area (Å²) in [7, 11) is 0. The first-order valence-corrected chi connectivity index (χ1v) is 8.36. The fourth-order valence-corrected chi connectivity index (χ4v) is 2.59. The summed E-state index contributed by atoms with van der Waals surface area (Å²) in [5.41, 5.74) is 1.44. The quantitative estimate of drug-likeness (QED) is 0.734. The van der Waals surface area contributed by atoms with Crippen molar-refractivity contribution in [1.29, 1.82) is 0 Å². The van der Waals surface area contributed by atoms with Crippen molar-refractivity contribution in [3.05, 3.63) is 71.3 Å². The van der Waals surface area contributed by atoms with E-state index < -0.39 is 0 Å². The summed E-state index contributed by atoms with van der Waals surface area (Å²) in [6.45, 7) is 7.46. The Bertz CT molecular complexity index is 685. The second-order valence-electron chi connectivity index (χ2n) is 5.52. The van der Waals surface area contributed by atoms with Crippen LogP contribution >= 0.6 is 12.4 Å². The van der Waals surface area contributed by atoms with Crippen LogP contribution in [0.2, 0.25) is 0 Å². The van der Waals surface area contributed by atoms with E-state index in [9.17, 15) is 9.59 Å². The minimum Gasteiger partial charge on any atom is -0.351 e. The molecule has 0 aromatic heterocycles. The molecule has 0 spiro atoms. The van der Waals surface area contributed by atoms with Crippen LogP contribution in [0.3, 0.4) is 0 Å². The molecule has 0 aliphatic heterocycles. The molecule has 2 aromatic rings. The summed E-state index contributed by atoms with van der Waals surface area (Å²) in [6, 6.07) is 16.0. The Labute approximate surface area is 155 Å². The second kappa shape index (κ2) is 10.6. The predicted molar refractivity (Wildman–Crippen MR) is 104 cm³/mol. The first kappa shape index (κ1) is 20.9. The van der Waals surface area contributed by atoms with Crippen molar-refractivity contribution >= 4 is 24.1 Å². The summed E-state index contributed by atoms with van der Waals surface area (Å²) in [4.78, 5) is 27.4. The number of ketones is 1. The number of carbonyl (C=O) groups excluding carboxylic acids is 2. The first-order valence-electron chi connectivity index (χ1n) is 8.36. The Morgan fingerprint density at radius 1 is 0.880 bits per heavy atom. The zero-order valence-corrected chi connectivity index (χ0v) is 15.5. The maximum absolute atomic E-state index is 12.7. The topological polar surface area (TPSA) is 49.4 Å². The molecule has 2 rings (SSSR count). The third-order valence-corrected chi connectivity index (χ3v) is 4.06. The maximum Gasteiger partial charge on any atom is 0.252 e. The zero-order chi connectivity index (χ0) is 17.4. The third-order valence-electron chi connectivity index (χ3n) is 4.06. The van der Waals surface area contributed by atoms with Gasteiger partial charge in [-0.3, -0.25) is 9.59 Å². The lowest BCUT2D eigenvalue weighted by molar-refractivity contribution is 0.0938. The highest BCUT2D eigenvalue weighted by Crippen LogP contribution is 2.14. The lowest BCUT2D eigenvalue weighted by Gasteiger charge is -2.18. The molecule has 0 aliphatic carbocycles. The second-order valence-corrected chi connectivity index (χ2v) is 5.52. The first-order chi connectivity index (χ1) is 11.7. The van der Waals surface area contributed by atoms with E-state index in [2.05, 4.69) is 24.1 Å². The highest BCUT2D eigenvalue weighted by molar-refractivity contribution is 6.15. The average molecular weight is 361 g/mol. The highest BCUT2D eigenvalue weighted by atomic mass is 35.5. The Balaban J connectivity index is 0.00000312. The molecule has 2 aromatic carbocycles. The van der Waals surface area contributed by atoms with Crippen LogP contribution in [-0.2, 0) is 0 Å². The number of nitrogens with one attached hydrogen (secondary N) is 1. The SMILES string of the molecule is CCN(CC)CCNC(=O)c1ccccc1C(=O)c1ccccc1.Cl. The molecule has 1 N–H and O–H groups in total. The minimum absolute atomic E-state index is 0. The number of hydrogen-bond donors (Lipinski definition) is 1. The van der Waals surface area contributed by atoms with Crippen LogP contribution in [0, 0.1) is 0 Å². The fraction of sp³-hybridized carbons (Fsp3) is 0.300. The van der Waals surface area contributed by atoms with Gasteiger partial charge >= 0.3 is 0 Å². The molecule has 0 fully saturated rings. The van der Waals surface area contributed by atoms with E-state index in [0.29, 0.717) is 23.2 Å². The lowest BCUT2D eigenvalue weighted by Crippen LogP contribution is -2.35. The van der Waals surface area contributed by atoms with Crippen LogP contribution < -0.4 is 5.32 Å². The van der Waals surface area contributed by atoms with Gasteiger partial charge in [-0.1, -0.05) is 62.4 Å². The normalized spacial score (nSPS) is 10.2. The van der Waals surface area contributed by atoms with Gasteiger partial charge < -0.3 is 10.2 Å². The van der Waals surface area contributed by atoms with Gasteiger partial charge in [-0.2, -0.15) is 0 Å². The molecular formula is C20H25ClN2O2. The number of benzene rings is 2. The maximum atomic E-state index is 12.7. The monoisotopic (exact) mass is 360 g/mol. The van der Waals surface area contributed by atoms with Gasteiger partial charge in [-0.15, -0.1) is 12.4 Å². The Morgan fingerprint density at radius 2 is 1.44 bits per heavy atom. The van der Waals surface area contributed by atoms with Gasteiger partial charge in [0.25, 0.3) is 5.91 Å². The number of hydrogen-bond acceptors (Lipinski definition) is 3. The van der Waals surface area contributed by atoms with Crippen molar-refractivity contribution in [1.82, 2.24) is 10.2 Å². The van der Waals surface area contributed by atoms with Crippen LogP contribution in [0.4, 0.5) is 0 Å². The predicted octanol–water partition coefficient (Wildman–Crippen LogP) is 3.41. The van der Waals surface area contributed by atoms with Gasteiger partial charge in [0.05, 0.1) is 5.56 Å². The van der Waals surface area contributed by atoms with Crippen molar-refractivity contribution in [3.63, 3.8) is 0 Å². The zero-order valence-electron chi connectivity index (χ0n) is 14.7. The van der Waals surface area contributed by atoms with E-state index >= 15 is 0 Å². The van der Waals surface area contributed by atoms with Crippen molar-refractivity contribution in [2.24, 2.45) is 0 Å². The number of likely N-dealkylation sites (N-methyl/N-ethyl adjacent to an activating group) is 1. The molecule has 0 radical (unpaired) electrons. The van der Waals surface area contributed by atoms with Crippen molar-refractivity contribution in [3.8, 4) is 0 Å². The van der Waals surface area contributed by atoms with Gasteiger partial charge in [0.15, 0.2) is 5.78 Å². The van der Waals surface area contributed by atoms with Gasteiger partial charge in [0.1, 0.15) is 0 Å². The molecule has 4 nitrogen and oxygen atoms in total. The average Bonchev–Trinajstić information content (AvgIpc) is 2.65. The molecule has 134 valence electrons. The molecule has 0 bridgehead atoms. The van der Waals surface area contributed by atoms with Crippen molar-refractivity contribution in [2.75, 3.05) is 26.2 Å². The van der Waals surface area contributed by atoms with Crippen LogP contribution in [0.25, 0.3) is 0 Å². The van der Waals surface area contributed by atoms with E-state index in [1.54, 1.807) is 36.4 Å². The number of carbonyl (C=O) groups is 2. The van der Waals surface area contributed by atoms with E-state index in [1.807, 2.05) is 18.2 Å². The molecule has 25 heavy (non-hydrogen) atoms. The van der Waals surface area contributed by atoms with Gasteiger partial charge in [0.2, 0.25) is 0 Å². The fourth-order valence-electron chi connectivity index (χ4n) is 2.59. The van der Waals surface area contributed by atoms with E-state index in [4.69, 9.17) is 0 Å². The molecular weight excluding hydrogens is 336 g/mol. The van der Waals surface area contributed by atoms with Crippen molar-refractivity contribution in [2.45, 2.75) is 13.8 Å². The van der Waals surface area contributed by atoms with Gasteiger partial charge in [0, 0.05) is 24.2 Å². The van der Waals surface area contributed by atoms with Crippen LogP contribution in [0.5, 0.6) is 0 Å². The largest absolute Gasteiger partial charge is 0.351 e. The molecule has 0 atom stereocenters. The Hall–Kier alpha value is -2.17. The standard InChI is InChI=1S/C20H24N2O2.ClH/c1-3-22(4-2)15-14-21-20(24)18-13-9-8-12-17(18)19(23)16-10-6-5-7-11-16;/h5-13H,3-4,14-15H2,1-2H3,(H,21,24);1H. The van der Waals surface area contributed by atoms with Gasteiger partial charge in [-0.25, -0.2) is 0 Å². The molecule has 0 saturated heterocycles. The molecule has 0 unspecified atom stereocenters. The number of amides is 1. The summed E-state index contributed by atoms with van der Waals surface area (Å²) in [5, 5.41) is 2.91. The smallest absolute Gasteiger partial charge is 0.252 e. The van der Waals surface area contributed by atoms with Crippen LogP contribution in [0.1, 0.15) is 40.1 Å². The van der Waals surface area contributed by atoms with Gasteiger partial charge in [-0.05, 0) is 19.2 Å².